The minimum absolute atomic E-state index is 0.398. The molecule has 2 aromatic rings. The molecular weight excluding hydrogens is 354 g/mol. The number of aromatic carboxylic acids is 1. The number of ether oxygens (including phenoxy) is 1. The predicted octanol–water partition coefficient (Wildman–Crippen LogP) is 4.82. The van der Waals surface area contributed by atoms with Crippen LogP contribution in [-0.2, 0) is 11.5 Å². The molecule has 1 saturated carbocycles. The zero-order chi connectivity index (χ0) is 15.0. The Balaban J connectivity index is 2.16. The van der Waals surface area contributed by atoms with Crippen LogP contribution in [0.25, 0.3) is 10.2 Å². The Hall–Kier alpha value is -0.850. The molecule has 1 aliphatic rings. The highest BCUT2D eigenvalue weighted by Gasteiger charge is 2.27. The van der Waals surface area contributed by atoms with E-state index in [1.165, 1.54) is 49.0 Å². The summed E-state index contributed by atoms with van der Waals surface area (Å²) in [4.78, 5) is 11.7. The van der Waals surface area contributed by atoms with E-state index in [-0.39, 0.29) is 0 Å². The van der Waals surface area contributed by atoms with Gasteiger partial charge in [0.2, 0.25) is 0 Å². The average Bonchev–Trinajstić information content (AvgIpc) is 3.00. The standard InChI is InChI=1S/C15H18BrNO3S/c1-20-8-17-10-7-11(15(18)19)21-13(10)12(14(17)16)9-5-3-2-4-6-9/h7,9H,2-6,8H2,1H3,(H,18,19). The lowest BCUT2D eigenvalue weighted by molar-refractivity contribution is 0.0702. The Morgan fingerprint density at radius 2 is 2.19 bits per heavy atom. The minimum atomic E-state index is -0.856. The average molecular weight is 372 g/mol. The fourth-order valence-corrected chi connectivity index (χ4v) is 5.30. The molecule has 0 amide bonds. The van der Waals surface area contributed by atoms with E-state index in [0.717, 1.165) is 14.8 Å². The first-order valence-electron chi connectivity index (χ1n) is 7.17. The van der Waals surface area contributed by atoms with Gasteiger partial charge in [-0.1, -0.05) is 19.3 Å². The molecular formula is C15H18BrNO3S. The number of hydrogen-bond donors (Lipinski definition) is 1. The number of carboxylic acids is 1. The number of fused-ring (bicyclic) bond motifs is 1. The summed E-state index contributed by atoms with van der Waals surface area (Å²) in [5.41, 5.74) is 2.24. The van der Waals surface area contributed by atoms with E-state index in [1.807, 2.05) is 4.57 Å². The van der Waals surface area contributed by atoms with E-state index in [2.05, 4.69) is 15.9 Å². The van der Waals surface area contributed by atoms with Gasteiger partial charge in [-0.15, -0.1) is 11.3 Å². The Morgan fingerprint density at radius 1 is 1.48 bits per heavy atom. The lowest BCUT2D eigenvalue weighted by Gasteiger charge is -2.21. The van der Waals surface area contributed by atoms with Gasteiger partial charge in [0.1, 0.15) is 11.6 Å². The van der Waals surface area contributed by atoms with E-state index >= 15 is 0 Å². The van der Waals surface area contributed by atoms with Gasteiger partial charge in [0, 0.05) is 12.7 Å². The molecule has 0 atom stereocenters. The van der Waals surface area contributed by atoms with Crippen LogP contribution in [0.5, 0.6) is 0 Å². The van der Waals surface area contributed by atoms with Crippen LogP contribution in [0.3, 0.4) is 0 Å². The van der Waals surface area contributed by atoms with Gasteiger partial charge in [0.15, 0.2) is 0 Å². The fourth-order valence-electron chi connectivity index (χ4n) is 3.23. The van der Waals surface area contributed by atoms with Crippen molar-refractivity contribution in [2.75, 3.05) is 7.11 Å². The zero-order valence-corrected chi connectivity index (χ0v) is 14.3. The molecule has 21 heavy (non-hydrogen) atoms. The maximum Gasteiger partial charge on any atom is 0.345 e. The van der Waals surface area contributed by atoms with Crippen LogP contribution in [0.2, 0.25) is 0 Å². The maximum atomic E-state index is 11.3. The first kappa shape index (κ1) is 15.1. The van der Waals surface area contributed by atoms with Gasteiger partial charge in [-0.25, -0.2) is 4.79 Å². The molecule has 0 aliphatic heterocycles. The highest BCUT2D eigenvalue weighted by atomic mass is 79.9. The van der Waals surface area contributed by atoms with E-state index in [9.17, 15) is 9.90 Å². The van der Waals surface area contributed by atoms with Crippen molar-refractivity contribution >= 4 is 43.5 Å². The molecule has 1 aliphatic carbocycles. The molecule has 0 spiro atoms. The first-order valence-corrected chi connectivity index (χ1v) is 8.78. The van der Waals surface area contributed by atoms with Crippen LogP contribution in [0.4, 0.5) is 0 Å². The SMILES string of the molecule is COCn1c(Br)c(C2CCCCC2)c2sc(C(=O)O)cc21. The van der Waals surface area contributed by atoms with E-state index in [4.69, 9.17) is 4.74 Å². The summed E-state index contributed by atoms with van der Waals surface area (Å²) in [5, 5.41) is 9.25. The number of halogens is 1. The normalized spacial score (nSPS) is 16.7. The summed E-state index contributed by atoms with van der Waals surface area (Å²) in [6.07, 6.45) is 6.19. The number of rotatable bonds is 4. The van der Waals surface area contributed by atoms with Gasteiger partial charge in [-0.3, -0.25) is 0 Å². The lowest BCUT2D eigenvalue weighted by atomic mass is 9.85. The molecule has 114 valence electrons. The Morgan fingerprint density at radius 3 is 2.81 bits per heavy atom. The summed E-state index contributed by atoms with van der Waals surface area (Å²) in [6.45, 7) is 0.430. The minimum Gasteiger partial charge on any atom is -0.477 e. The van der Waals surface area contributed by atoms with Crippen molar-refractivity contribution in [3.8, 4) is 0 Å². The van der Waals surface area contributed by atoms with Crippen LogP contribution < -0.4 is 0 Å². The molecule has 0 aromatic carbocycles. The quantitative estimate of drug-likeness (QED) is 0.838. The molecule has 3 rings (SSSR count). The highest BCUT2D eigenvalue weighted by Crippen LogP contribution is 2.45. The molecule has 0 unspecified atom stereocenters. The van der Waals surface area contributed by atoms with Crippen LogP contribution >= 0.6 is 27.3 Å². The van der Waals surface area contributed by atoms with Crippen molar-refractivity contribution in [2.24, 2.45) is 0 Å². The van der Waals surface area contributed by atoms with Gasteiger partial charge in [0.05, 0.1) is 14.8 Å². The lowest BCUT2D eigenvalue weighted by Crippen LogP contribution is -2.06. The molecule has 0 saturated heterocycles. The third-order valence-electron chi connectivity index (χ3n) is 4.19. The second-order valence-corrected chi connectivity index (χ2v) is 7.32. The number of hydrogen-bond acceptors (Lipinski definition) is 3. The number of carboxylic acid groups (broad SMARTS) is 1. The molecule has 6 heteroatoms. The molecule has 0 radical (unpaired) electrons. The van der Waals surface area contributed by atoms with Gasteiger partial charge >= 0.3 is 5.97 Å². The molecule has 4 nitrogen and oxygen atoms in total. The summed E-state index contributed by atoms with van der Waals surface area (Å²) in [6, 6.07) is 1.76. The zero-order valence-electron chi connectivity index (χ0n) is 11.9. The second kappa shape index (κ2) is 6.10. The van der Waals surface area contributed by atoms with Crippen LogP contribution in [0.15, 0.2) is 10.7 Å². The number of methoxy groups -OCH3 is 1. The molecule has 2 heterocycles. The molecule has 1 N–H and O–H groups in total. The predicted molar refractivity (Wildman–Crippen MR) is 87.3 cm³/mol. The number of thiophene rings is 1. The number of carbonyl (C=O) groups is 1. The topological polar surface area (TPSA) is 51.5 Å². The summed E-state index contributed by atoms with van der Waals surface area (Å²) >= 11 is 5.09. The smallest absolute Gasteiger partial charge is 0.345 e. The fraction of sp³-hybridized carbons (Fsp3) is 0.533. The molecule has 1 fully saturated rings. The van der Waals surface area contributed by atoms with Crippen molar-refractivity contribution in [1.29, 1.82) is 0 Å². The highest BCUT2D eigenvalue weighted by molar-refractivity contribution is 9.10. The van der Waals surface area contributed by atoms with Crippen molar-refractivity contribution < 1.29 is 14.6 Å². The van der Waals surface area contributed by atoms with Crippen molar-refractivity contribution in [2.45, 2.75) is 44.8 Å². The van der Waals surface area contributed by atoms with E-state index < -0.39 is 5.97 Å². The van der Waals surface area contributed by atoms with Gasteiger partial charge < -0.3 is 14.4 Å². The molecule has 0 bridgehead atoms. The van der Waals surface area contributed by atoms with Crippen LogP contribution in [0, 0.1) is 0 Å². The largest absolute Gasteiger partial charge is 0.477 e. The monoisotopic (exact) mass is 371 g/mol. The van der Waals surface area contributed by atoms with Gasteiger partial charge in [-0.05, 0) is 40.8 Å². The maximum absolute atomic E-state index is 11.3. The van der Waals surface area contributed by atoms with Crippen LogP contribution in [-0.4, -0.2) is 22.8 Å². The third-order valence-corrected chi connectivity index (χ3v) is 6.19. The second-order valence-electron chi connectivity index (χ2n) is 5.52. The van der Waals surface area contributed by atoms with Gasteiger partial charge in [0.25, 0.3) is 0 Å². The Labute approximate surface area is 135 Å². The summed E-state index contributed by atoms with van der Waals surface area (Å²) in [7, 11) is 1.66. The van der Waals surface area contributed by atoms with Crippen LogP contribution in [0.1, 0.15) is 53.3 Å². The van der Waals surface area contributed by atoms with Gasteiger partial charge in [-0.2, -0.15) is 0 Å². The third kappa shape index (κ3) is 2.64. The number of nitrogens with zero attached hydrogens (tertiary/aromatic N) is 1. The van der Waals surface area contributed by atoms with E-state index in [0.29, 0.717) is 17.5 Å². The molecule has 2 aromatic heterocycles. The van der Waals surface area contributed by atoms with Crippen molar-refractivity contribution in [3.05, 3.63) is 21.1 Å². The van der Waals surface area contributed by atoms with Crippen molar-refractivity contribution in [3.63, 3.8) is 0 Å². The summed E-state index contributed by atoms with van der Waals surface area (Å²) in [5.74, 6) is -0.333. The Bertz CT molecular complexity index is 670. The number of aromatic nitrogens is 1. The summed E-state index contributed by atoms with van der Waals surface area (Å²) < 4.78 is 9.46. The van der Waals surface area contributed by atoms with E-state index in [1.54, 1.807) is 13.2 Å². The first-order chi connectivity index (χ1) is 10.1. The Kier molecular flexibility index (Phi) is 4.38. The van der Waals surface area contributed by atoms with Crippen molar-refractivity contribution in [1.82, 2.24) is 4.57 Å².